The van der Waals surface area contributed by atoms with Gasteiger partial charge in [0.1, 0.15) is 0 Å². The van der Waals surface area contributed by atoms with Crippen LogP contribution in [0.15, 0.2) is 46.9 Å². The number of benzene rings is 2. The van der Waals surface area contributed by atoms with Gasteiger partial charge in [0.2, 0.25) is 0 Å². The van der Waals surface area contributed by atoms with Gasteiger partial charge in [0.05, 0.1) is 5.02 Å². The van der Waals surface area contributed by atoms with E-state index in [1.165, 1.54) is 6.08 Å². The largest absolute Gasteiger partial charge is 0.421 e. The molecule has 0 radical (unpaired) electrons. The molecule has 0 fully saturated rings. The summed E-state index contributed by atoms with van der Waals surface area (Å²) in [5.41, 5.74) is 1.59. The molecule has 0 heterocycles. The third-order valence-corrected chi connectivity index (χ3v) is 3.63. The molecule has 2 aromatic rings. The van der Waals surface area contributed by atoms with Crippen LogP contribution in [-0.4, -0.2) is 5.97 Å². The Morgan fingerprint density at radius 1 is 1.24 bits per heavy atom. The predicted octanol–water partition coefficient (Wildman–Crippen LogP) is 5.68. The Kier molecular flexibility index (Phi) is 5.45. The molecule has 0 aliphatic heterocycles. The van der Waals surface area contributed by atoms with Gasteiger partial charge in [0.25, 0.3) is 0 Å². The third kappa shape index (κ3) is 4.60. The van der Waals surface area contributed by atoms with Gasteiger partial charge in [-0.25, -0.2) is 4.79 Å². The molecule has 0 N–H and O–H groups in total. The normalized spacial score (nSPS) is 10.9. The molecule has 2 nitrogen and oxygen atoms in total. The molecule has 2 rings (SSSR count). The van der Waals surface area contributed by atoms with Crippen LogP contribution in [0.5, 0.6) is 5.75 Å². The minimum atomic E-state index is -0.498. The van der Waals surface area contributed by atoms with Gasteiger partial charge >= 0.3 is 5.97 Å². The number of esters is 1. The third-order valence-electron chi connectivity index (χ3n) is 2.66. The predicted molar refractivity (Wildman–Crippen MR) is 90.0 cm³/mol. The maximum atomic E-state index is 11.8. The Hall–Kier alpha value is -1.29. The second-order valence-electron chi connectivity index (χ2n) is 4.34. The van der Waals surface area contributed by atoms with Gasteiger partial charge in [-0.2, -0.15) is 0 Å². The molecular weight excluding hydrogens is 375 g/mol. The van der Waals surface area contributed by atoms with Crippen molar-refractivity contribution in [3.8, 4) is 5.75 Å². The van der Waals surface area contributed by atoms with Crippen molar-refractivity contribution >= 4 is 51.2 Å². The lowest BCUT2D eigenvalue weighted by Gasteiger charge is -2.08. The molecule has 21 heavy (non-hydrogen) atoms. The van der Waals surface area contributed by atoms with Crippen molar-refractivity contribution in [2.75, 3.05) is 0 Å². The highest BCUT2D eigenvalue weighted by Gasteiger charge is 2.10. The van der Waals surface area contributed by atoms with Crippen LogP contribution in [0.1, 0.15) is 11.1 Å². The first kappa shape index (κ1) is 16.1. The molecule has 0 bridgehead atoms. The van der Waals surface area contributed by atoms with E-state index in [1.807, 2.05) is 25.1 Å². The van der Waals surface area contributed by atoms with Crippen molar-refractivity contribution in [1.82, 2.24) is 0 Å². The van der Waals surface area contributed by atoms with Crippen LogP contribution in [0.3, 0.4) is 0 Å². The van der Waals surface area contributed by atoms with E-state index in [-0.39, 0.29) is 0 Å². The number of rotatable bonds is 3. The summed E-state index contributed by atoms with van der Waals surface area (Å²) in [4.78, 5) is 11.8. The molecule has 0 unspecified atom stereocenters. The van der Waals surface area contributed by atoms with Crippen LogP contribution < -0.4 is 4.74 Å². The van der Waals surface area contributed by atoms with Crippen LogP contribution in [-0.2, 0) is 4.79 Å². The highest BCUT2D eigenvalue weighted by Crippen LogP contribution is 2.32. The number of carbonyl (C=O) groups excluding carboxylic acids is 1. The van der Waals surface area contributed by atoms with Crippen molar-refractivity contribution in [2.45, 2.75) is 6.92 Å². The van der Waals surface area contributed by atoms with Crippen molar-refractivity contribution in [3.05, 3.63) is 68.1 Å². The van der Waals surface area contributed by atoms with Gasteiger partial charge in [-0.15, -0.1) is 0 Å². The topological polar surface area (TPSA) is 26.3 Å². The molecule has 0 aliphatic rings. The number of aryl methyl sites for hydroxylation is 1. The summed E-state index contributed by atoms with van der Waals surface area (Å²) in [6, 6.07) is 10.7. The highest BCUT2D eigenvalue weighted by atomic mass is 79.9. The molecule has 0 aliphatic carbocycles. The zero-order chi connectivity index (χ0) is 15.4. The number of halogens is 3. The lowest BCUT2D eigenvalue weighted by molar-refractivity contribution is -0.128. The molecule has 0 aromatic heterocycles. The van der Waals surface area contributed by atoms with Gasteiger partial charge in [-0.1, -0.05) is 51.3 Å². The number of carbonyl (C=O) groups is 1. The Balaban J connectivity index is 2.12. The first-order chi connectivity index (χ1) is 9.95. The Labute approximate surface area is 141 Å². The van der Waals surface area contributed by atoms with Crippen molar-refractivity contribution < 1.29 is 9.53 Å². The van der Waals surface area contributed by atoms with E-state index < -0.39 is 5.97 Å². The minimum Gasteiger partial charge on any atom is -0.421 e. The first-order valence-corrected chi connectivity index (χ1v) is 7.61. The van der Waals surface area contributed by atoms with Gasteiger partial charge < -0.3 is 4.74 Å². The highest BCUT2D eigenvalue weighted by molar-refractivity contribution is 9.10. The molecule has 0 saturated heterocycles. The van der Waals surface area contributed by atoms with E-state index in [0.29, 0.717) is 15.8 Å². The van der Waals surface area contributed by atoms with Crippen molar-refractivity contribution in [2.24, 2.45) is 0 Å². The van der Waals surface area contributed by atoms with Crippen molar-refractivity contribution in [1.29, 1.82) is 0 Å². The fraction of sp³-hybridized carbons (Fsp3) is 0.0625. The first-order valence-electron chi connectivity index (χ1n) is 6.07. The molecule has 0 atom stereocenters. The smallest absolute Gasteiger partial charge is 0.336 e. The minimum absolute atomic E-state index is 0.362. The summed E-state index contributed by atoms with van der Waals surface area (Å²) in [5, 5.41) is 0.990. The van der Waals surface area contributed by atoms with Crippen molar-refractivity contribution in [3.63, 3.8) is 0 Å². The average Bonchev–Trinajstić information content (AvgIpc) is 2.40. The maximum absolute atomic E-state index is 11.8. The second-order valence-corrected chi connectivity index (χ2v) is 6.10. The number of hydrogen-bond donors (Lipinski definition) is 0. The van der Waals surface area contributed by atoms with Crippen LogP contribution in [0.2, 0.25) is 10.0 Å². The quantitative estimate of drug-likeness (QED) is 0.385. The number of ether oxygens (including phenoxy) is 1. The van der Waals surface area contributed by atoms with Gasteiger partial charge in [0.15, 0.2) is 5.75 Å². The molecular formula is C16H11BrCl2O2. The lowest BCUT2D eigenvalue weighted by atomic mass is 10.2. The van der Waals surface area contributed by atoms with Crippen LogP contribution in [0.25, 0.3) is 6.08 Å². The van der Waals surface area contributed by atoms with Crippen LogP contribution in [0, 0.1) is 6.92 Å². The van der Waals surface area contributed by atoms with E-state index in [4.69, 9.17) is 27.9 Å². The fourth-order valence-corrected chi connectivity index (χ4v) is 2.94. The van der Waals surface area contributed by atoms with Crippen LogP contribution >= 0.6 is 39.1 Å². The lowest BCUT2D eigenvalue weighted by Crippen LogP contribution is -2.05. The zero-order valence-electron chi connectivity index (χ0n) is 11.1. The fourth-order valence-electron chi connectivity index (χ4n) is 1.73. The summed E-state index contributed by atoms with van der Waals surface area (Å²) in [7, 11) is 0. The number of hydrogen-bond acceptors (Lipinski definition) is 2. The maximum Gasteiger partial charge on any atom is 0.336 e. The molecule has 5 heteroatoms. The molecule has 108 valence electrons. The van der Waals surface area contributed by atoms with E-state index in [1.54, 1.807) is 24.3 Å². The summed E-state index contributed by atoms with van der Waals surface area (Å²) < 4.78 is 6.10. The Bertz CT molecular complexity index is 688. The monoisotopic (exact) mass is 384 g/mol. The van der Waals surface area contributed by atoms with Gasteiger partial charge in [0, 0.05) is 15.6 Å². The molecule has 2 aromatic carbocycles. The molecule has 0 spiro atoms. The summed E-state index contributed by atoms with van der Waals surface area (Å²) in [6.07, 6.45) is 2.97. The summed E-state index contributed by atoms with van der Waals surface area (Å²) in [6.45, 7) is 1.82. The molecule has 0 amide bonds. The Morgan fingerprint density at radius 2 is 2.00 bits per heavy atom. The van der Waals surface area contributed by atoms with E-state index in [0.717, 1.165) is 15.6 Å². The standard InChI is InChI=1S/C16H11BrCl2O2/c1-10-7-12(17)9-14(19)16(10)21-15(20)6-5-11-3-2-4-13(18)8-11/h2-9H,1H3/b6-5+. The van der Waals surface area contributed by atoms with Gasteiger partial charge in [-0.3, -0.25) is 0 Å². The summed E-state index contributed by atoms with van der Waals surface area (Å²) in [5.74, 6) is -0.136. The Morgan fingerprint density at radius 3 is 2.67 bits per heavy atom. The van der Waals surface area contributed by atoms with Gasteiger partial charge in [-0.05, 0) is 48.4 Å². The van der Waals surface area contributed by atoms with Crippen LogP contribution in [0.4, 0.5) is 0 Å². The van der Waals surface area contributed by atoms with E-state index in [9.17, 15) is 4.79 Å². The van der Waals surface area contributed by atoms with E-state index >= 15 is 0 Å². The zero-order valence-corrected chi connectivity index (χ0v) is 14.2. The second kappa shape index (κ2) is 7.12. The molecule has 0 saturated carbocycles. The SMILES string of the molecule is Cc1cc(Br)cc(Cl)c1OC(=O)/C=C/c1cccc(Cl)c1. The average molecular weight is 386 g/mol. The van der Waals surface area contributed by atoms with E-state index in [2.05, 4.69) is 15.9 Å². The summed E-state index contributed by atoms with van der Waals surface area (Å²) >= 11 is 15.3.